The first kappa shape index (κ1) is 23.4. The zero-order valence-corrected chi connectivity index (χ0v) is 19.7. The van der Waals surface area contributed by atoms with Crippen LogP contribution in [0.4, 0.5) is 10.1 Å². The van der Waals surface area contributed by atoms with Crippen LogP contribution in [0, 0.1) is 11.7 Å². The third kappa shape index (κ3) is 5.33. The molecular weight excluding hydrogens is 457 g/mol. The molecule has 1 saturated heterocycles. The molecule has 1 aliphatic rings. The van der Waals surface area contributed by atoms with Crippen molar-refractivity contribution in [2.75, 3.05) is 18.4 Å². The van der Waals surface area contributed by atoms with Crippen molar-refractivity contribution >= 4 is 17.5 Å². The van der Waals surface area contributed by atoms with Gasteiger partial charge >= 0.3 is 0 Å². The number of nitrogens with zero attached hydrogens (tertiary/aromatic N) is 3. The highest BCUT2D eigenvalue weighted by molar-refractivity contribution is 5.96. The summed E-state index contributed by atoms with van der Waals surface area (Å²) in [6.07, 6.45) is 1.64. The number of hydrogen-bond acceptors (Lipinski definition) is 4. The van der Waals surface area contributed by atoms with Gasteiger partial charge in [-0.1, -0.05) is 54.6 Å². The molecule has 2 N–H and O–H groups in total. The number of H-pyrrole nitrogens is 1. The van der Waals surface area contributed by atoms with Crippen LogP contribution in [-0.4, -0.2) is 45.0 Å². The van der Waals surface area contributed by atoms with Crippen molar-refractivity contribution in [3.05, 3.63) is 90.2 Å². The molecule has 0 spiro atoms. The quantitative estimate of drug-likeness (QED) is 0.416. The molecule has 2 amide bonds. The number of carbonyl (C=O) groups is 2. The van der Waals surface area contributed by atoms with Crippen molar-refractivity contribution in [2.24, 2.45) is 5.92 Å². The Morgan fingerprint density at radius 1 is 1.00 bits per heavy atom. The Morgan fingerprint density at radius 3 is 2.56 bits per heavy atom. The van der Waals surface area contributed by atoms with Crippen molar-refractivity contribution in [3.63, 3.8) is 0 Å². The first-order chi connectivity index (χ1) is 17.6. The minimum Gasteiger partial charge on any atom is -0.342 e. The standard InChI is InChI=1S/C28H26FN5O2/c29-22-14-12-19(13-15-22)17-25(35)34-16-6-9-21(18-34)28(36)30-24-11-5-4-10-23(24)27-31-26(32-33-27)20-7-2-1-3-8-20/h1-5,7-8,10-15,21H,6,9,16-18H2,(H,30,36)(H,31,32,33). The van der Waals surface area contributed by atoms with Crippen LogP contribution in [0.15, 0.2) is 78.9 Å². The minimum atomic E-state index is -0.331. The summed E-state index contributed by atoms with van der Waals surface area (Å²) in [7, 11) is 0. The van der Waals surface area contributed by atoms with E-state index in [2.05, 4.69) is 20.5 Å². The normalized spacial score (nSPS) is 15.5. The first-order valence-corrected chi connectivity index (χ1v) is 12.0. The Kier molecular flexibility index (Phi) is 6.84. The predicted molar refractivity (Wildman–Crippen MR) is 135 cm³/mol. The molecule has 1 fully saturated rings. The van der Waals surface area contributed by atoms with Gasteiger partial charge in [0.1, 0.15) is 5.82 Å². The molecule has 5 rings (SSSR count). The monoisotopic (exact) mass is 483 g/mol. The second-order valence-corrected chi connectivity index (χ2v) is 8.89. The van der Waals surface area contributed by atoms with E-state index in [0.29, 0.717) is 36.8 Å². The van der Waals surface area contributed by atoms with Gasteiger partial charge < -0.3 is 10.2 Å². The molecule has 0 saturated carbocycles. The van der Waals surface area contributed by atoms with Crippen LogP contribution >= 0.6 is 0 Å². The molecule has 4 aromatic rings. The van der Waals surface area contributed by atoms with E-state index in [1.54, 1.807) is 17.0 Å². The number of para-hydroxylation sites is 1. The van der Waals surface area contributed by atoms with Gasteiger partial charge in [0.2, 0.25) is 11.8 Å². The zero-order chi connectivity index (χ0) is 24.9. The highest BCUT2D eigenvalue weighted by Crippen LogP contribution is 2.28. The number of halogens is 1. The summed E-state index contributed by atoms with van der Waals surface area (Å²) < 4.78 is 13.2. The number of carbonyl (C=O) groups excluding carboxylic acids is 2. The van der Waals surface area contributed by atoms with Gasteiger partial charge in [0.25, 0.3) is 0 Å². The average Bonchev–Trinajstić information content (AvgIpc) is 3.41. The maximum atomic E-state index is 13.2. The molecule has 1 unspecified atom stereocenters. The Morgan fingerprint density at radius 2 is 1.75 bits per heavy atom. The molecule has 0 bridgehead atoms. The summed E-state index contributed by atoms with van der Waals surface area (Å²) in [4.78, 5) is 32.4. The maximum absolute atomic E-state index is 13.2. The zero-order valence-electron chi connectivity index (χ0n) is 19.7. The summed E-state index contributed by atoms with van der Waals surface area (Å²) in [5.74, 6) is 0.291. The topological polar surface area (TPSA) is 91.0 Å². The molecular formula is C28H26FN5O2. The van der Waals surface area contributed by atoms with Gasteiger partial charge in [0, 0.05) is 24.2 Å². The summed E-state index contributed by atoms with van der Waals surface area (Å²) in [6, 6.07) is 23.0. The molecule has 1 aliphatic heterocycles. The maximum Gasteiger partial charge on any atom is 0.229 e. The lowest BCUT2D eigenvalue weighted by molar-refractivity contribution is -0.133. The number of piperidine rings is 1. The summed E-state index contributed by atoms with van der Waals surface area (Å²) in [5, 5.41) is 10.3. The van der Waals surface area contributed by atoms with Crippen LogP contribution in [0.1, 0.15) is 18.4 Å². The number of likely N-dealkylation sites (tertiary alicyclic amines) is 1. The summed E-state index contributed by atoms with van der Waals surface area (Å²) >= 11 is 0. The first-order valence-electron chi connectivity index (χ1n) is 12.0. The van der Waals surface area contributed by atoms with Crippen LogP contribution < -0.4 is 5.32 Å². The smallest absolute Gasteiger partial charge is 0.229 e. The third-order valence-corrected chi connectivity index (χ3v) is 6.37. The Labute approximate surface area is 208 Å². The van der Waals surface area contributed by atoms with Crippen molar-refractivity contribution in [3.8, 4) is 22.8 Å². The molecule has 36 heavy (non-hydrogen) atoms. The van der Waals surface area contributed by atoms with Gasteiger partial charge in [-0.3, -0.25) is 14.7 Å². The Bertz CT molecular complexity index is 1350. The van der Waals surface area contributed by atoms with Crippen LogP contribution in [-0.2, 0) is 16.0 Å². The fraction of sp³-hybridized carbons (Fsp3) is 0.214. The van der Waals surface area contributed by atoms with Gasteiger partial charge in [-0.15, -0.1) is 0 Å². The van der Waals surface area contributed by atoms with E-state index in [9.17, 15) is 14.0 Å². The van der Waals surface area contributed by atoms with Gasteiger partial charge in [0.15, 0.2) is 11.6 Å². The van der Waals surface area contributed by atoms with Crippen LogP contribution in [0.5, 0.6) is 0 Å². The van der Waals surface area contributed by atoms with Gasteiger partial charge in [-0.05, 0) is 42.7 Å². The van der Waals surface area contributed by atoms with Crippen molar-refractivity contribution in [1.29, 1.82) is 0 Å². The van der Waals surface area contributed by atoms with Gasteiger partial charge in [-0.25, -0.2) is 9.37 Å². The molecule has 1 aromatic heterocycles. The van der Waals surface area contributed by atoms with E-state index in [4.69, 9.17) is 0 Å². The molecule has 7 nitrogen and oxygen atoms in total. The molecule has 182 valence electrons. The van der Waals surface area contributed by atoms with E-state index in [1.165, 1.54) is 12.1 Å². The molecule has 8 heteroatoms. The lowest BCUT2D eigenvalue weighted by atomic mass is 9.96. The second-order valence-electron chi connectivity index (χ2n) is 8.89. The molecule has 3 aromatic carbocycles. The van der Waals surface area contributed by atoms with E-state index in [0.717, 1.165) is 23.1 Å². The number of benzene rings is 3. The fourth-order valence-electron chi connectivity index (χ4n) is 4.44. The van der Waals surface area contributed by atoms with Crippen molar-refractivity contribution in [1.82, 2.24) is 20.1 Å². The largest absolute Gasteiger partial charge is 0.342 e. The molecule has 0 aliphatic carbocycles. The highest BCUT2D eigenvalue weighted by Gasteiger charge is 2.29. The van der Waals surface area contributed by atoms with Gasteiger partial charge in [-0.2, -0.15) is 5.10 Å². The van der Waals surface area contributed by atoms with Crippen molar-refractivity contribution in [2.45, 2.75) is 19.3 Å². The minimum absolute atomic E-state index is 0.0605. The number of nitrogens with one attached hydrogen (secondary N) is 2. The summed E-state index contributed by atoms with van der Waals surface area (Å²) in [5.41, 5.74) is 3.02. The lowest BCUT2D eigenvalue weighted by Crippen LogP contribution is -2.44. The SMILES string of the molecule is O=C(Nc1ccccc1-c1nc(-c2ccccc2)n[nH]1)C1CCCN(C(=O)Cc2ccc(F)cc2)C1. The molecule has 1 atom stereocenters. The van der Waals surface area contributed by atoms with Crippen LogP contribution in [0.3, 0.4) is 0 Å². The highest BCUT2D eigenvalue weighted by atomic mass is 19.1. The number of rotatable bonds is 6. The number of amides is 2. The number of anilines is 1. The Balaban J connectivity index is 1.26. The Hall–Kier alpha value is -4.33. The van der Waals surface area contributed by atoms with Gasteiger partial charge in [0.05, 0.1) is 18.0 Å². The molecule has 0 radical (unpaired) electrons. The van der Waals surface area contributed by atoms with Crippen LogP contribution in [0.25, 0.3) is 22.8 Å². The number of hydrogen-bond donors (Lipinski definition) is 2. The number of aromatic amines is 1. The molecule has 2 heterocycles. The van der Waals surface area contributed by atoms with Crippen LogP contribution in [0.2, 0.25) is 0 Å². The van der Waals surface area contributed by atoms with Crippen molar-refractivity contribution < 1.29 is 14.0 Å². The van der Waals surface area contributed by atoms with E-state index < -0.39 is 0 Å². The van der Waals surface area contributed by atoms with E-state index in [-0.39, 0.29) is 30.0 Å². The third-order valence-electron chi connectivity index (χ3n) is 6.37. The number of aromatic nitrogens is 3. The summed E-state index contributed by atoms with van der Waals surface area (Å²) in [6.45, 7) is 0.967. The fourth-order valence-corrected chi connectivity index (χ4v) is 4.44. The van der Waals surface area contributed by atoms with E-state index >= 15 is 0 Å². The lowest BCUT2D eigenvalue weighted by Gasteiger charge is -2.32. The van der Waals surface area contributed by atoms with E-state index in [1.807, 2.05) is 54.6 Å². The second kappa shape index (κ2) is 10.5. The predicted octanol–water partition coefficient (Wildman–Crippen LogP) is 4.70. The average molecular weight is 484 g/mol.